The third-order valence-electron chi connectivity index (χ3n) is 8.70. The fourth-order valence-corrected chi connectivity index (χ4v) is 5.63. The molecule has 0 bridgehead atoms. The lowest BCUT2D eigenvalue weighted by Gasteiger charge is -2.36. The fraction of sp³-hybridized carbons (Fsp3) is 0.469. The van der Waals surface area contributed by atoms with Crippen LogP contribution in [0.3, 0.4) is 0 Å². The first kappa shape index (κ1) is 29.4. The average Bonchev–Trinajstić information content (AvgIpc) is 3.59. The molecule has 1 saturated heterocycles. The van der Waals surface area contributed by atoms with E-state index in [1.165, 1.54) is 4.90 Å². The zero-order chi connectivity index (χ0) is 30.0. The zero-order valence-electron chi connectivity index (χ0n) is 24.4. The molecule has 2 aromatic carbocycles. The van der Waals surface area contributed by atoms with Gasteiger partial charge in [0.15, 0.2) is 0 Å². The Kier molecular flexibility index (Phi) is 8.45. The Labute approximate surface area is 246 Å². The lowest BCUT2D eigenvalue weighted by Crippen LogP contribution is -2.54. The van der Waals surface area contributed by atoms with Crippen LogP contribution in [0.1, 0.15) is 69.7 Å². The molecule has 4 atom stereocenters. The van der Waals surface area contributed by atoms with Crippen molar-refractivity contribution in [1.29, 1.82) is 0 Å². The number of nitrogens with zero attached hydrogens (tertiary/aromatic N) is 4. The zero-order valence-corrected chi connectivity index (χ0v) is 24.4. The lowest BCUT2D eigenvalue weighted by molar-refractivity contribution is -0.145. The van der Waals surface area contributed by atoms with Crippen LogP contribution < -0.4 is 11.1 Å². The van der Waals surface area contributed by atoms with Crippen LogP contribution in [0.25, 0.3) is 11.1 Å². The van der Waals surface area contributed by atoms with E-state index < -0.39 is 41.5 Å². The minimum Gasteiger partial charge on any atom is -0.391 e. The molecule has 10 nitrogen and oxygen atoms in total. The van der Waals surface area contributed by atoms with Crippen molar-refractivity contribution in [1.82, 2.24) is 25.2 Å². The molecule has 1 aliphatic carbocycles. The number of nitrogens with two attached hydrogens (primary N) is 1. The second-order valence-corrected chi connectivity index (χ2v) is 12.3. The molecule has 0 radical (unpaired) electrons. The number of aliphatic hydroxyl groups is 1. The molecule has 2 fully saturated rings. The Balaban J connectivity index is 1.32. The maximum atomic E-state index is 14.1. The van der Waals surface area contributed by atoms with E-state index in [-0.39, 0.29) is 25.3 Å². The highest BCUT2D eigenvalue weighted by atomic mass is 16.3. The van der Waals surface area contributed by atoms with Gasteiger partial charge in [0.25, 0.3) is 0 Å². The summed E-state index contributed by atoms with van der Waals surface area (Å²) in [5.74, 6) is -1.12. The van der Waals surface area contributed by atoms with Crippen molar-refractivity contribution in [2.45, 2.75) is 83.0 Å². The number of nitrogens with one attached hydrogen (secondary N) is 1. The molecule has 222 valence electrons. The van der Waals surface area contributed by atoms with Gasteiger partial charge < -0.3 is 21.1 Å². The molecule has 10 heteroatoms. The molecule has 2 heterocycles. The molecular weight excluding hydrogens is 532 g/mol. The van der Waals surface area contributed by atoms with E-state index in [4.69, 9.17) is 5.73 Å². The number of benzene rings is 2. The predicted molar refractivity (Wildman–Crippen MR) is 158 cm³/mol. The van der Waals surface area contributed by atoms with Gasteiger partial charge in [0.2, 0.25) is 17.7 Å². The Bertz CT molecular complexity index is 1420. The molecule has 3 amide bonds. The quantitative estimate of drug-likeness (QED) is 0.322. The molecule has 2 aliphatic rings. The number of hydrogen-bond donors (Lipinski definition) is 3. The summed E-state index contributed by atoms with van der Waals surface area (Å²) in [7, 11) is 0. The molecule has 4 unspecified atom stereocenters. The Morgan fingerprint density at radius 3 is 2.36 bits per heavy atom. The van der Waals surface area contributed by atoms with Crippen LogP contribution >= 0.6 is 0 Å². The van der Waals surface area contributed by atoms with Crippen molar-refractivity contribution < 1.29 is 19.5 Å². The van der Waals surface area contributed by atoms with Gasteiger partial charge >= 0.3 is 0 Å². The number of aromatic nitrogens is 3. The summed E-state index contributed by atoms with van der Waals surface area (Å²) in [6.07, 6.45) is 4.05. The van der Waals surface area contributed by atoms with Crippen molar-refractivity contribution in [3.8, 4) is 11.1 Å². The van der Waals surface area contributed by atoms with E-state index in [0.29, 0.717) is 12.3 Å². The number of carbonyl (C=O) groups is 3. The fourth-order valence-electron chi connectivity index (χ4n) is 5.63. The van der Waals surface area contributed by atoms with Crippen LogP contribution in [0.15, 0.2) is 60.8 Å². The van der Waals surface area contributed by atoms with Gasteiger partial charge in [-0.3, -0.25) is 14.4 Å². The maximum absolute atomic E-state index is 14.1. The van der Waals surface area contributed by atoms with Crippen LogP contribution in [-0.4, -0.2) is 67.5 Å². The Hall–Kier alpha value is -4.05. The molecule has 1 saturated carbocycles. The van der Waals surface area contributed by atoms with E-state index in [1.807, 2.05) is 81.6 Å². The molecule has 4 N–H and O–H groups in total. The molecule has 42 heavy (non-hydrogen) atoms. The minimum atomic E-state index is -0.978. The third kappa shape index (κ3) is 6.38. The molecular formula is C32H40N6O4. The third-order valence-corrected chi connectivity index (χ3v) is 8.70. The smallest absolute Gasteiger partial charge is 0.248 e. The summed E-state index contributed by atoms with van der Waals surface area (Å²) in [5, 5.41) is 21.9. The highest BCUT2D eigenvalue weighted by Crippen LogP contribution is 2.41. The monoisotopic (exact) mass is 572 g/mol. The number of amides is 3. The summed E-state index contributed by atoms with van der Waals surface area (Å²) in [6.45, 7) is 6.00. The van der Waals surface area contributed by atoms with Crippen LogP contribution in [0.5, 0.6) is 0 Å². The van der Waals surface area contributed by atoms with Crippen LogP contribution in [0, 0.1) is 5.41 Å². The van der Waals surface area contributed by atoms with Gasteiger partial charge in [-0.2, -0.15) is 0 Å². The SMILES string of the molecule is CCC(C)(C)C(C(=O)N1CC(O)CC1C(=O)NC(Cc1ccc(-c2ccccc2)cc1)C(N)=O)n1cc(C2CC2)nn1. The van der Waals surface area contributed by atoms with E-state index in [1.54, 1.807) is 4.68 Å². The summed E-state index contributed by atoms with van der Waals surface area (Å²) in [6, 6.07) is 15.0. The van der Waals surface area contributed by atoms with E-state index in [2.05, 4.69) is 15.6 Å². The predicted octanol–water partition coefficient (Wildman–Crippen LogP) is 2.97. The largest absolute Gasteiger partial charge is 0.391 e. The molecule has 3 aromatic rings. The molecule has 5 rings (SSSR count). The van der Waals surface area contributed by atoms with Crippen molar-refractivity contribution in [2.24, 2.45) is 11.1 Å². The highest BCUT2D eigenvalue weighted by molar-refractivity contribution is 5.93. The van der Waals surface area contributed by atoms with Crippen molar-refractivity contribution in [3.63, 3.8) is 0 Å². The van der Waals surface area contributed by atoms with E-state index in [0.717, 1.165) is 35.2 Å². The van der Waals surface area contributed by atoms with Gasteiger partial charge in [-0.1, -0.05) is 80.6 Å². The summed E-state index contributed by atoms with van der Waals surface area (Å²) in [5.41, 5.74) is 9.02. The van der Waals surface area contributed by atoms with Gasteiger partial charge in [-0.05, 0) is 41.4 Å². The van der Waals surface area contributed by atoms with Gasteiger partial charge in [-0.15, -0.1) is 5.10 Å². The number of primary amides is 1. The number of aliphatic hydroxyl groups excluding tert-OH is 1. The highest BCUT2D eigenvalue weighted by Gasteiger charge is 2.46. The first-order valence-electron chi connectivity index (χ1n) is 14.7. The van der Waals surface area contributed by atoms with Gasteiger partial charge in [0.1, 0.15) is 18.1 Å². The van der Waals surface area contributed by atoms with E-state index >= 15 is 0 Å². The summed E-state index contributed by atoms with van der Waals surface area (Å²) >= 11 is 0. The second-order valence-electron chi connectivity index (χ2n) is 12.3. The number of hydrogen-bond acceptors (Lipinski definition) is 6. The van der Waals surface area contributed by atoms with Gasteiger partial charge in [0, 0.05) is 31.5 Å². The molecule has 1 aromatic heterocycles. The van der Waals surface area contributed by atoms with Crippen LogP contribution in [0.2, 0.25) is 0 Å². The Morgan fingerprint density at radius 2 is 1.74 bits per heavy atom. The lowest BCUT2D eigenvalue weighted by atomic mass is 9.81. The molecule has 0 spiro atoms. The van der Waals surface area contributed by atoms with Gasteiger partial charge in [0.05, 0.1) is 11.8 Å². The number of rotatable bonds is 11. The number of β-amino-alcohol motifs (C(OH)–C–C–N with tert-alkyl or cyclic N) is 1. The number of likely N-dealkylation sites (tertiary alicyclic amines) is 1. The first-order chi connectivity index (χ1) is 20.1. The van der Waals surface area contributed by atoms with Crippen molar-refractivity contribution in [2.75, 3.05) is 6.54 Å². The van der Waals surface area contributed by atoms with E-state index in [9.17, 15) is 19.5 Å². The van der Waals surface area contributed by atoms with Crippen molar-refractivity contribution in [3.05, 3.63) is 72.1 Å². The summed E-state index contributed by atoms with van der Waals surface area (Å²) < 4.78 is 1.62. The first-order valence-corrected chi connectivity index (χ1v) is 14.7. The van der Waals surface area contributed by atoms with Gasteiger partial charge in [-0.25, -0.2) is 4.68 Å². The van der Waals surface area contributed by atoms with Crippen LogP contribution in [0.4, 0.5) is 0 Å². The summed E-state index contributed by atoms with van der Waals surface area (Å²) in [4.78, 5) is 41.5. The number of carbonyl (C=O) groups excluding carboxylic acids is 3. The normalized spacial score (nSPS) is 20.2. The van der Waals surface area contributed by atoms with Crippen molar-refractivity contribution >= 4 is 17.7 Å². The minimum absolute atomic E-state index is 0.0135. The Morgan fingerprint density at radius 1 is 1.07 bits per heavy atom. The average molecular weight is 573 g/mol. The van der Waals surface area contributed by atoms with Crippen LogP contribution in [-0.2, 0) is 20.8 Å². The second kappa shape index (κ2) is 12.1. The molecule has 1 aliphatic heterocycles. The maximum Gasteiger partial charge on any atom is 0.248 e. The topological polar surface area (TPSA) is 143 Å². The standard InChI is InChI=1S/C32H40N6O4/c1-4-32(2,3)28(38-19-26(35-36-38)23-14-15-23)31(42)37-18-24(39)17-27(37)30(41)34-25(29(33)40)16-20-10-12-22(13-11-20)21-8-6-5-7-9-21/h5-13,19,23-25,27-28,39H,4,14-18H2,1-3H3,(H2,33,40)(H,34,41).